The molecule has 25 heavy (non-hydrogen) atoms. The number of hydrogen-bond donors (Lipinski definition) is 1. The largest absolute Gasteiger partial charge is 0.486 e. The van der Waals surface area contributed by atoms with Crippen molar-refractivity contribution in [3.8, 4) is 5.75 Å². The van der Waals surface area contributed by atoms with Crippen LogP contribution in [0.15, 0.2) is 30.7 Å². The Morgan fingerprint density at radius 3 is 3.00 bits per heavy atom. The van der Waals surface area contributed by atoms with Gasteiger partial charge in [0.25, 0.3) is 0 Å². The molecule has 1 saturated heterocycles. The molecule has 3 heterocycles. The van der Waals surface area contributed by atoms with Crippen molar-refractivity contribution < 1.29 is 14.3 Å². The number of rotatable bonds is 6. The van der Waals surface area contributed by atoms with Crippen LogP contribution < -0.4 is 10.1 Å². The van der Waals surface area contributed by atoms with Gasteiger partial charge >= 0.3 is 0 Å². The smallest absolute Gasteiger partial charge is 0.222 e. The summed E-state index contributed by atoms with van der Waals surface area (Å²) in [5, 5.41) is 3.04. The summed E-state index contributed by atoms with van der Waals surface area (Å²) in [6, 6.07) is 3.65. The topological polar surface area (TPSA) is 78.3 Å². The zero-order valence-electron chi connectivity index (χ0n) is 14.6. The predicted molar refractivity (Wildman–Crippen MR) is 92.3 cm³/mol. The first-order valence-corrected chi connectivity index (χ1v) is 8.56. The highest BCUT2D eigenvalue weighted by atomic mass is 16.5. The summed E-state index contributed by atoms with van der Waals surface area (Å²) in [5.41, 5.74) is 0.943. The molecule has 7 nitrogen and oxygen atoms in total. The summed E-state index contributed by atoms with van der Waals surface area (Å²) in [4.78, 5) is 20.7. The number of carbonyl (C=O) groups is 1. The van der Waals surface area contributed by atoms with E-state index in [1.807, 2.05) is 36.7 Å². The number of nitrogens with zero attached hydrogens (tertiary/aromatic N) is 3. The maximum atomic E-state index is 12.3. The van der Waals surface area contributed by atoms with Crippen LogP contribution in [-0.4, -0.2) is 45.8 Å². The molecular formula is C18H24N4O3. The molecular weight excluding hydrogens is 320 g/mol. The molecule has 0 aromatic carbocycles. The van der Waals surface area contributed by atoms with Gasteiger partial charge in [-0.1, -0.05) is 0 Å². The first-order valence-electron chi connectivity index (χ1n) is 8.56. The van der Waals surface area contributed by atoms with Crippen LogP contribution in [0.3, 0.4) is 0 Å². The van der Waals surface area contributed by atoms with Crippen LogP contribution >= 0.6 is 0 Å². The van der Waals surface area contributed by atoms with Gasteiger partial charge in [-0.05, 0) is 26.0 Å². The number of hydrogen-bond acceptors (Lipinski definition) is 5. The Kier molecular flexibility index (Phi) is 5.65. The summed E-state index contributed by atoms with van der Waals surface area (Å²) in [6.45, 7) is 5.55. The average molecular weight is 344 g/mol. The maximum Gasteiger partial charge on any atom is 0.222 e. The zero-order valence-corrected chi connectivity index (χ0v) is 14.6. The first kappa shape index (κ1) is 17.4. The number of imidazole rings is 1. The normalized spacial score (nSPS) is 20.2. The van der Waals surface area contributed by atoms with Gasteiger partial charge in [-0.15, -0.1) is 0 Å². The third-order valence-electron chi connectivity index (χ3n) is 4.31. The summed E-state index contributed by atoms with van der Waals surface area (Å²) in [7, 11) is 0. The minimum atomic E-state index is -0.161. The van der Waals surface area contributed by atoms with Gasteiger partial charge < -0.3 is 19.4 Å². The molecule has 1 fully saturated rings. The zero-order chi connectivity index (χ0) is 17.6. The first-order chi connectivity index (χ1) is 12.1. The molecule has 0 saturated carbocycles. The fraction of sp³-hybridized carbons (Fsp3) is 0.500. The molecule has 0 spiro atoms. The third-order valence-corrected chi connectivity index (χ3v) is 4.31. The number of amides is 1. The number of ether oxygens (including phenoxy) is 2. The van der Waals surface area contributed by atoms with Gasteiger partial charge in [-0.3, -0.25) is 9.78 Å². The Morgan fingerprint density at radius 1 is 1.40 bits per heavy atom. The highest BCUT2D eigenvalue weighted by molar-refractivity contribution is 5.76. The van der Waals surface area contributed by atoms with Crippen LogP contribution in [-0.2, 0) is 16.1 Å². The lowest BCUT2D eigenvalue weighted by atomic mass is 10.1. The standard InChI is InChI=1S/C18H24N4O3/c1-13-3-4-15(11-20-13)25-17-6-10-24-12-16(17)21-18(23)5-8-22-9-7-19-14(22)2/h3-4,7,9,11,16-17H,5-6,8,10,12H2,1-2H3,(H,21,23)/t16-,17+/m1/s1. The lowest BCUT2D eigenvalue weighted by Crippen LogP contribution is -2.51. The van der Waals surface area contributed by atoms with Crippen molar-refractivity contribution in [1.82, 2.24) is 19.9 Å². The molecule has 0 bridgehead atoms. The summed E-state index contributed by atoms with van der Waals surface area (Å²) < 4.78 is 13.5. The Bertz CT molecular complexity index is 699. The van der Waals surface area contributed by atoms with Gasteiger partial charge in [0.15, 0.2) is 0 Å². The van der Waals surface area contributed by atoms with Gasteiger partial charge in [0.05, 0.1) is 25.5 Å². The molecule has 3 rings (SSSR count). The van der Waals surface area contributed by atoms with Crippen LogP contribution in [0.1, 0.15) is 24.4 Å². The third kappa shape index (κ3) is 4.79. The lowest BCUT2D eigenvalue weighted by Gasteiger charge is -2.32. The second kappa shape index (κ2) is 8.11. The summed E-state index contributed by atoms with van der Waals surface area (Å²) in [5.74, 6) is 1.60. The van der Waals surface area contributed by atoms with Crippen LogP contribution in [0.2, 0.25) is 0 Å². The molecule has 1 amide bonds. The predicted octanol–water partition coefficient (Wildman–Crippen LogP) is 1.64. The van der Waals surface area contributed by atoms with E-state index in [-0.39, 0.29) is 18.1 Å². The SMILES string of the molecule is Cc1ccc(O[C@H]2CCOC[C@H]2NC(=O)CCn2ccnc2C)cn1. The second-order valence-corrected chi connectivity index (χ2v) is 6.25. The number of carbonyl (C=O) groups excluding carboxylic acids is 1. The number of aryl methyl sites for hydroxylation is 3. The Balaban J connectivity index is 1.54. The van der Waals surface area contributed by atoms with Gasteiger partial charge in [0.2, 0.25) is 5.91 Å². The quantitative estimate of drug-likeness (QED) is 0.862. The van der Waals surface area contributed by atoms with Crippen LogP contribution in [0.25, 0.3) is 0 Å². The highest BCUT2D eigenvalue weighted by Crippen LogP contribution is 2.18. The molecule has 0 radical (unpaired) electrons. The van der Waals surface area contributed by atoms with E-state index in [2.05, 4.69) is 15.3 Å². The fourth-order valence-corrected chi connectivity index (χ4v) is 2.83. The van der Waals surface area contributed by atoms with E-state index < -0.39 is 0 Å². The van der Waals surface area contributed by atoms with Gasteiger partial charge in [0.1, 0.15) is 17.7 Å². The Hall–Kier alpha value is -2.41. The van der Waals surface area contributed by atoms with E-state index in [1.54, 1.807) is 12.4 Å². The van der Waals surface area contributed by atoms with Crippen molar-refractivity contribution in [1.29, 1.82) is 0 Å². The highest BCUT2D eigenvalue weighted by Gasteiger charge is 2.29. The van der Waals surface area contributed by atoms with E-state index in [0.717, 1.165) is 17.9 Å². The van der Waals surface area contributed by atoms with E-state index in [1.165, 1.54) is 0 Å². The molecule has 2 aromatic rings. The Morgan fingerprint density at radius 2 is 2.28 bits per heavy atom. The summed E-state index contributed by atoms with van der Waals surface area (Å²) in [6.07, 6.45) is 6.35. The van der Waals surface area contributed by atoms with E-state index in [9.17, 15) is 4.79 Å². The maximum absolute atomic E-state index is 12.3. The second-order valence-electron chi connectivity index (χ2n) is 6.25. The molecule has 134 valence electrons. The monoisotopic (exact) mass is 344 g/mol. The van der Waals surface area contributed by atoms with Gasteiger partial charge in [-0.25, -0.2) is 4.98 Å². The minimum absolute atomic E-state index is 0.0146. The average Bonchev–Trinajstić information content (AvgIpc) is 3.02. The molecule has 2 atom stereocenters. The fourth-order valence-electron chi connectivity index (χ4n) is 2.83. The van der Waals surface area contributed by atoms with Crippen molar-refractivity contribution in [2.24, 2.45) is 0 Å². The van der Waals surface area contributed by atoms with Crippen LogP contribution in [0.4, 0.5) is 0 Å². The van der Waals surface area contributed by atoms with Gasteiger partial charge in [-0.2, -0.15) is 0 Å². The summed E-state index contributed by atoms with van der Waals surface area (Å²) >= 11 is 0. The van der Waals surface area contributed by atoms with Crippen molar-refractivity contribution >= 4 is 5.91 Å². The molecule has 1 N–H and O–H groups in total. The van der Waals surface area contributed by atoms with Crippen molar-refractivity contribution in [3.63, 3.8) is 0 Å². The molecule has 7 heteroatoms. The lowest BCUT2D eigenvalue weighted by molar-refractivity contribution is -0.124. The number of pyridine rings is 1. The molecule has 1 aliphatic heterocycles. The van der Waals surface area contributed by atoms with Crippen LogP contribution in [0, 0.1) is 13.8 Å². The number of nitrogens with one attached hydrogen (secondary N) is 1. The van der Waals surface area contributed by atoms with Crippen LogP contribution in [0.5, 0.6) is 5.75 Å². The molecule has 0 aliphatic carbocycles. The van der Waals surface area contributed by atoms with E-state index >= 15 is 0 Å². The van der Waals surface area contributed by atoms with E-state index in [0.29, 0.717) is 31.9 Å². The van der Waals surface area contributed by atoms with Gasteiger partial charge in [0, 0.05) is 37.5 Å². The van der Waals surface area contributed by atoms with Crippen molar-refractivity contribution in [2.45, 2.75) is 45.4 Å². The number of aromatic nitrogens is 3. The van der Waals surface area contributed by atoms with Crippen molar-refractivity contribution in [3.05, 3.63) is 42.2 Å². The molecule has 2 aromatic heterocycles. The molecule has 1 aliphatic rings. The van der Waals surface area contributed by atoms with E-state index in [4.69, 9.17) is 9.47 Å². The molecule has 0 unspecified atom stereocenters. The Labute approximate surface area is 147 Å². The minimum Gasteiger partial charge on any atom is -0.486 e. The van der Waals surface area contributed by atoms with Crippen molar-refractivity contribution in [2.75, 3.05) is 13.2 Å².